The van der Waals surface area contributed by atoms with Gasteiger partial charge in [-0.25, -0.2) is 0 Å². The fourth-order valence-corrected chi connectivity index (χ4v) is 4.44. The number of likely N-dealkylation sites (tertiary alicyclic amines) is 1. The summed E-state index contributed by atoms with van der Waals surface area (Å²) in [6.07, 6.45) is 0. The van der Waals surface area contributed by atoms with Crippen molar-refractivity contribution in [3.05, 3.63) is 70.8 Å². The molecule has 1 heterocycles. The molecule has 1 aliphatic heterocycles. The van der Waals surface area contributed by atoms with Crippen molar-refractivity contribution >= 4 is 17.4 Å². The van der Waals surface area contributed by atoms with Crippen LogP contribution in [0.25, 0.3) is 5.76 Å². The molecule has 0 bridgehead atoms. The molecule has 0 spiro atoms. The molecule has 1 atom stereocenters. The molecule has 1 unspecified atom stereocenters. The number of ketones is 1. The first-order valence-electron chi connectivity index (χ1n) is 12.5. The molecule has 0 saturated carbocycles. The molecule has 6 nitrogen and oxygen atoms in total. The monoisotopic (exact) mass is 478 g/mol. The Morgan fingerprint density at radius 2 is 1.57 bits per heavy atom. The second-order valence-electron chi connectivity index (χ2n) is 9.85. The first-order valence-corrected chi connectivity index (χ1v) is 12.5. The van der Waals surface area contributed by atoms with Gasteiger partial charge < -0.3 is 19.6 Å². The Balaban J connectivity index is 2.08. The maximum absolute atomic E-state index is 13.2. The lowest BCUT2D eigenvalue weighted by molar-refractivity contribution is -0.140. The van der Waals surface area contributed by atoms with Crippen LogP contribution in [-0.4, -0.2) is 59.4 Å². The normalized spacial score (nSPS) is 17.9. The Morgan fingerprint density at radius 1 is 0.971 bits per heavy atom. The fourth-order valence-electron chi connectivity index (χ4n) is 4.44. The minimum absolute atomic E-state index is 0.0224. The minimum atomic E-state index is -0.652. The number of hydrogen-bond donors (Lipinski definition) is 1. The van der Waals surface area contributed by atoms with Crippen LogP contribution in [0, 0.1) is 0 Å². The van der Waals surface area contributed by atoms with Crippen molar-refractivity contribution in [2.24, 2.45) is 0 Å². The number of ether oxygens (including phenoxy) is 1. The fraction of sp³-hybridized carbons (Fsp3) is 0.448. The predicted octanol–water partition coefficient (Wildman–Crippen LogP) is 5.15. The van der Waals surface area contributed by atoms with Crippen LogP contribution in [0.15, 0.2) is 54.1 Å². The van der Waals surface area contributed by atoms with Crippen LogP contribution in [0.1, 0.15) is 64.3 Å². The van der Waals surface area contributed by atoms with E-state index in [1.165, 1.54) is 0 Å². The number of hydrogen-bond acceptors (Lipinski definition) is 5. The number of rotatable bonds is 9. The van der Waals surface area contributed by atoms with E-state index in [1.54, 1.807) is 29.2 Å². The van der Waals surface area contributed by atoms with Crippen LogP contribution in [0.5, 0.6) is 5.75 Å². The summed E-state index contributed by atoms with van der Waals surface area (Å²) < 4.78 is 5.49. The van der Waals surface area contributed by atoms with E-state index in [0.29, 0.717) is 31.0 Å². The molecule has 188 valence electrons. The summed E-state index contributed by atoms with van der Waals surface area (Å²) in [5.74, 6) is -0.713. The van der Waals surface area contributed by atoms with Gasteiger partial charge in [0, 0.05) is 18.7 Å². The second kappa shape index (κ2) is 11.1. The lowest BCUT2D eigenvalue weighted by Gasteiger charge is -2.28. The Labute approximate surface area is 209 Å². The number of Topliss-reactive ketones (excluding diaryl/α,β-unsaturated/α-hetero) is 1. The third-order valence-electron chi connectivity index (χ3n) is 6.62. The Bertz CT molecular complexity index is 1060. The van der Waals surface area contributed by atoms with Crippen molar-refractivity contribution in [2.45, 2.75) is 53.0 Å². The van der Waals surface area contributed by atoms with Crippen molar-refractivity contribution in [2.75, 3.05) is 32.8 Å². The Kier molecular flexibility index (Phi) is 8.39. The van der Waals surface area contributed by atoms with Crippen molar-refractivity contribution < 1.29 is 19.4 Å². The molecule has 1 amide bonds. The largest absolute Gasteiger partial charge is 0.507 e. The lowest BCUT2D eigenvalue weighted by Crippen LogP contribution is -2.38. The van der Waals surface area contributed by atoms with Crippen LogP contribution >= 0.6 is 0 Å². The number of aliphatic hydroxyl groups is 1. The van der Waals surface area contributed by atoms with Gasteiger partial charge in [0.15, 0.2) is 0 Å². The summed E-state index contributed by atoms with van der Waals surface area (Å²) in [6.45, 7) is 15.8. The average molecular weight is 479 g/mol. The zero-order valence-electron chi connectivity index (χ0n) is 21.8. The van der Waals surface area contributed by atoms with Crippen molar-refractivity contribution in [3.63, 3.8) is 0 Å². The van der Waals surface area contributed by atoms with Gasteiger partial charge in [-0.3, -0.25) is 9.59 Å². The van der Waals surface area contributed by atoms with E-state index in [1.807, 2.05) is 31.2 Å². The number of carbonyl (C=O) groups excluding carboxylic acids is 2. The number of likely N-dealkylation sites (N-methyl/N-ethyl adjacent to an activating group) is 1. The number of benzene rings is 2. The van der Waals surface area contributed by atoms with Crippen molar-refractivity contribution in [3.8, 4) is 5.75 Å². The van der Waals surface area contributed by atoms with Gasteiger partial charge in [-0.1, -0.05) is 58.9 Å². The molecule has 0 radical (unpaired) electrons. The molecular weight excluding hydrogens is 440 g/mol. The maximum Gasteiger partial charge on any atom is 0.295 e. The first-order chi connectivity index (χ1) is 16.6. The third-order valence-corrected chi connectivity index (χ3v) is 6.62. The number of aliphatic hydroxyl groups excluding tert-OH is 1. The quantitative estimate of drug-likeness (QED) is 0.307. The van der Waals surface area contributed by atoms with E-state index in [4.69, 9.17) is 4.74 Å². The Morgan fingerprint density at radius 3 is 2.09 bits per heavy atom. The molecule has 0 aromatic heterocycles. The van der Waals surface area contributed by atoms with E-state index in [2.05, 4.69) is 39.5 Å². The highest BCUT2D eigenvalue weighted by Gasteiger charge is 2.46. The summed E-state index contributed by atoms with van der Waals surface area (Å²) in [4.78, 5) is 30.2. The first kappa shape index (κ1) is 26.5. The van der Waals surface area contributed by atoms with Gasteiger partial charge in [0.25, 0.3) is 11.7 Å². The van der Waals surface area contributed by atoms with Gasteiger partial charge in [0.1, 0.15) is 11.5 Å². The topological polar surface area (TPSA) is 70.1 Å². The van der Waals surface area contributed by atoms with Gasteiger partial charge in [-0.2, -0.15) is 0 Å². The van der Waals surface area contributed by atoms with Crippen LogP contribution in [0.2, 0.25) is 0 Å². The van der Waals surface area contributed by atoms with E-state index in [-0.39, 0.29) is 16.7 Å². The van der Waals surface area contributed by atoms with Gasteiger partial charge in [-0.15, -0.1) is 0 Å². The standard InChI is InChI=1S/C29H38N2O4/c1-7-30(8-2)18-19-31-25(20-10-14-22(15-11-20)29(4,5)6)24(27(33)28(31)34)26(32)21-12-16-23(17-13-21)35-9-3/h10-17,25,32H,7-9,18-19H2,1-6H3/b26-24+. The summed E-state index contributed by atoms with van der Waals surface area (Å²) in [5, 5.41) is 11.3. The van der Waals surface area contributed by atoms with Gasteiger partial charge in [-0.05, 0) is 60.8 Å². The van der Waals surface area contributed by atoms with E-state index >= 15 is 0 Å². The molecule has 2 aromatic rings. The molecule has 0 aliphatic carbocycles. The van der Waals surface area contributed by atoms with Gasteiger partial charge in [0.2, 0.25) is 0 Å². The molecule has 2 aromatic carbocycles. The van der Waals surface area contributed by atoms with E-state index in [9.17, 15) is 14.7 Å². The average Bonchev–Trinajstić information content (AvgIpc) is 3.09. The molecule has 6 heteroatoms. The Hall–Kier alpha value is -3.12. The molecule has 1 aliphatic rings. The summed E-state index contributed by atoms with van der Waals surface area (Å²) in [5.41, 5.74) is 2.55. The zero-order chi connectivity index (χ0) is 25.8. The molecule has 1 saturated heterocycles. The number of carbonyl (C=O) groups is 2. The highest BCUT2D eigenvalue weighted by molar-refractivity contribution is 6.46. The van der Waals surface area contributed by atoms with Crippen molar-refractivity contribution in [1.29, 1.82) is 0 Å². The third kappa shape index (κ3) is 5.76. The highest BCUT2D eigenvalue weighted by atomic mass is 16.5. The lowest BCUT2D eigenvalue weighted by atomic mass is 9.85. The SMILES string of the molecule is CCOc1ccc(/C(O)=C2\C(=O)C(=O)N(CCN(CC)CC)C2c2ccc(C(C)(C)C)cc2)cc1. The molecular formula is C29H38N2O4. The van der Waals surface area contributed by atoms with Crippen LogP contribution < -0.4 is 4.74 Å². The summed E-state index contributed by atoms with van der Waals surface area (Å²) in [7, 11) is 0. The number of amides is 1. The summed E-state index contributed by atoms with van der Waals surface area (Å²) in [6, 6.07) is 14.3. The van der Waals surface area contributed by atoms with Crippen LogP contribution in [-0.2, 0) is 15.0 Å². The van der Waals surface area contributed by atoms with E-state index in [0.717, 1.165) is 24.2 Å². The predicted molar refractivity (Wildman–Crippen MR) is 140 cm³/mol. The minimum Gasteiger partial charge on any atom is -0.507 e. The smallest absolute Gasteiger partial charge is 0.295 e. The van der Waals surface area contributed by atoms with Crippen molar-refractivity contribution in [1.82, 2.24) is 9.80 Å². The van der Waals surface area contributed by atoms with E-state index < -0.39 is 17.7 Å². The molecule has 35 heavy (non-hydrogen) atoms. The maximum atomic E-state index is 13.2. The molecule has 1 N–H and O–H groups in total. The second-order valence-corrected chi connectivity index (χ2v) is 9.85. The van der Waals surface area contributed by atoms with Gasteiger partial charge >= 0.3 is 0 Å². The highest BCUT2D eigenvalue weighted by Crippen LogP contribution is 2.40. The number of nitrogens with zero attached hydrogens (tertiary/aromatic N) is 2. The van der Waals surface area contributed by atoms with Crippen LogP contribution in [0.4, 0.5) is 0 Å². The molecule has 3 rings (SSSR count). The zero-order valence-corrected chi connectivity index (χ0v) is 21.8. The van der Waals surface area contributed by atoms with Crippen LogP contribution in [0.3, 0.4) is 0 Å². The van der Waals surface area contributed by atoms with Gasteiger partial charge in [0.05, 0.1) is 18.2 Å². The molecule has 1 fully saturated rings. The summed E-state index contributed by atoms with van der Waals surface area (Å²) >= 11 is 0.